The summed E-state index contributed by atoms with van der Waals surface area (Å²) < 4.78 is 28.6. The molecule has 2 aromatic carbocycles. The largest absolute Gasteiger partial charge is 0.317 e. The summed E-state index contributed by atoms with van der Waals surface area (Å²) in [6.07, 6.45) is 1.56. The zero-order valence-corrected chi connectivity index (χ0v) is 14.2. The molecule has 0 radical (unpaired) electrons. The van der Waals surface area contributed by atoms with E-state index >= 15 is 0 Å². The second kappa shape index (κ2) is 5.54. The highest BCUT2D eigenvalue weighted by Crippen LogP contribution is 2.39. The van der Waals surface area contributed by atoms with Crippen molar-refractivity contribution >= 4 is 32.4 Å². The first-order chi connectivity index (χ1) is 11.5. The third-order valence-corrected chi connectivity index (χ3v) is 6.40. The number of carbonyl (C=O) groups is 1. The molecule has 2 heterocycles. The van der Waals surface area contributed by atoms with Crippen molar-refractivity contribution < 1.29 is 13.2 Å². The molecule has 1 fully saturated rings. The van der Waals surface area contributed by atoms with Crippen LogP contribution in [0, 0.1) is 0 Å². The van der Waals surface area contributed by atoms with Gasteiger partial charge in [0.1, 0.15) is 0 Å². The molecule has 7 heteroatoms. The van der Waals surface area contributed by atoms with Gasteiger partial charge in [0.05, 0.1) is 10.6 Å². The average Bonchev–Trinajstić information content (AvgIpc) is 2.82. The predicted octanol–water partition coefficient (Wildman–Crippen LogP) is 1.46. The molecule has 24 heavy (non-hydrogen) atoms. The molecule has 0 spiro atoms. The summed E-state index contributed by atoms with van der Waals surface area (Å²) >= 11 is 0. The average molecular weight is 345 g/mol. The minimum atomic E-state index is -3.63. The summed E-state index contributed by atoms with van der Waals surface area (Å²) in [6, 6.07) is 8.51. The van der Waals surface area contributed by atoms with E-state index in [2.05, 4.69) is 10.0 Å². The number of rotatable bonds is 3. The van der Waals surface area contributed by atoms with Crippen molar-refractivity contribution in [3.8, 4) is 0 Å². The van der Waals surface area contributed by atoms with E-state index in [-0.39, 0.29) is 16.8 Å². The summed E-state index contributed by atoms with van der Waals surface area (Å²) in [6.45, 7) is 1.63. The maximum Gasteiger partial charge on any atom is 0.258 e. The molecule has 6 nitrogen and oxygen atoms in total. The van der Waals surface area contributed by atoms with Crippen molar-refractivity contribution in [2.75, 3.05) is 25.0 Å². The van der Waals surface area contributed by atoms with Gasteiger partial charge >= 0.3 is 0 Å². The van der Waals surface area contributed by atoms with Crippen molar-refractivity contribution in [2.45, 2.75) is 23.8 Å². The predicted molar refractivity (Wildman–Crippen MR) is 92.9 cm³/mol. The summed E-state index contributed by atoms with van der Waals surface area (Å²) in [5.41, 5.74) is 1.32. The standard InChI is InChI=1S/C17H19N3O3S/c1-20-14-5-6-15(12-3-2-4-13(16(12)14)17(20)21)24(22,23)19-11-7-9-18-10-8-11/h2-6,11,18-19H,7-10H2,1H3. The van der Waals surface area contributed by atoms with Gasteiger partial charge in [-0.25, -0.2) is 13.1 Å². The van der Waals surface area contributed by atoms with Crippen LogP contribution < -0.4 is 14.9 Å². The highest BCUT2D eigenvalue weighted by Gasteiger charge is 2.30. The number of hydrogen-bond acceptors (Lipinski definition) is 4. The molecule has 0 saturated carbocycles. The Morgan fingerprint density at radius 2 is 1.92 bits per heavy atom. The Labute approximate surface area is 140 Å². The zero-order valence-electron chi connectivity index (χ0n) is 13.4. The van der Waals surface area contributed by atoms with Gasteiger partial charge in [-0.2, -0.15) is 0 Å². The highest BCUT2D eigenvalue weighted by molar-refractivity contribution is 7.89. The lowest BCUT2D eigenvalue weighted by atomic mass is 10.1. The van der Waals surface area contributed by atoms with Gasteiger partial charge in [-0.1, -0.05) is 12.1 Å². The number of anilines is 1. The molecular formula is C17H19N3O3S. The summed E-state index contributed by atoms with van der Waals surface area (Å²) in [5, 5.41) is 4.55. The van der Waals surface area contributed by atoms with E-state index in [0.717, 1.165) is 37.0 Å². The quantitative estimate of drug-likeness (QED) is 0.883. The van der Waals surface area contributed by atoms with E-state index in [1.54, 1.807) is 42.3 Å². The highest BCUT2D eigenvalue weighted by atomic mass is 32.2. The molecule has 0 aromatic heterocycles. The lowest BCUT2D eigenvalue weighted by Gasteiger charge is -2.24. The van der Waals surface area contributed by atoms with E-state index in [1.165, 1.54) is 0 Å². The maximum atomic E-state index is 12.9. The molecule has 4 rings (SSSR count). The van der Waals surface area contributed by atoms with Crippen molar-refractivity contribution in [1.82, 2.24) is 10.0 Å². The molecule has 2 aromatic rings. The second-order valence-corrected chi connectivity index (χ2v) is 8.00. The lowest BCUT2D eigenvalue weighted by Crippen LogP contribution is -2.42. The minimum absolute atomic E-state index is 0.0522. The Bertz CT molecular complexity index is 933. The molecule has 0 atom stereocenters. The number of hydrogen-bond donors (Lipinski definition) is 2. The summed E-state index contributed by atoms with van der Waals surface area (Å²) in [4.78, 5) is 14.1. The van der Waals surface area contributed by atoms with Crippen LogP contribution in [0.25, 0.3) is 10.8 Å². The number of amides is 1. The number of piperidine rings is 1. The first kappa shape index (κ1) is 15.6. The van der Waals surface area contributed by atoms with Gasteiger partial charge in [-0.3, -0.25) is 4.79 Å². The van der Waals surface area contributed by atoms with Crippen molar-refractivity contribution in [3.63, 3.8) is 0 Å². The fourth-order valence-electron chi connectivity index (χ4n) is 3.57. The normalized spacial score (nSPS) is 18.5. The van der Waals surface area contributed by atoms with Gasteiger partial charge in [0.2, 0.25) is 10.0 Å². The number of benzene rings is 2. The van der Waals surface area contributed by atoms with Crippen LogP contribution in [0.1, 0.15) is 23.2 Å². The van der Waals surface area contributed by atoms with E-state index in [9.17, 15) is 13.2 Å². The van der Waals surface area contributed by atoms with E-state index < -0.39 is 10.0 Å². The number of nitrogens with zero attached hydrogens (tertiary/aromatic N) is 1. The molecule has 2 aliphatic heterocycles. The smallest absolute Gasteiger partial charge is 0.258 e. The van der Waals surface area contributed by atoms with Gasteiger partial charge < -0.3 is 10.2 Å². The Kier molecular flexibility index (Phi) is 3.59. The van der Waals surface area contributed by atoms with Crippen LogP contribution in [0.15, 0.2) is 35.2 Å². The number of carbonyl (C=O) groups excluding carboxylic acids is 1. The van der Waals surface area contributed by atoms with Gasteiger partial charge in [0, 0.05) is 29.4 Å². The fourth-order valence-corrected chi connectivity index (χ4v) is 5.07. The first-order valence-electron chi connectivity index (χ1n) is 8.06. The molecule has 1 amide bonds. The van der Waals surface area contributed by atoms with Crippen molar-refractivity contribution in [2.24, 2.45) is 0 Å². The molecule has 0 unspecified atom stereocenters. The molecule has 2 aliphatic rings. The molecule has 1 saturated heterocycles. The Morgan fingerprint density at radius 1 is 1.17 bits per heavy atom. The molecule has 2 N–H and O–H groups in total. The SMILES string of the molecule is CN1C(=O)c2cccc3c(S(=O)(=O)NC4CCNCC4)ccc1c23. The third kappa shape index (κ3) is 2.31. The minimum Gasteiger partial charge on any atom is -0.317 e. The Morgan fingerprint density at radius 3 is 2.67 bits per heavy atom. The number of sulfonamides is 1. The van der Waals surface area contributed by atoms with Crippen LogP contribution in [0.3, 0.4) is 0 Å². The zero-order chi connectivity index (χ0) is 16.9. The lowest BCUT2D eigenvalue weighted by molar-refractivity contribution is 0.0999. The van der Waals surface area contributed by atoms with E-state index in [4.69, 9.17) is 0 Å². The van der Waals surface area contributed by atoms with Gasteiger partial charge in [-0.05, 0) is 44.1 Å². The maximum absolute atomic E-state index is 12.9. The summed E-state index contributed by atoms with van der Waals surface area (Å²) in [7, 11) is -1.93. The van der Waals surface area contributed by atoms with Gasteiger partial charge in [-0.15, -0.1) is 0 Å². The Balaban J connectivity index is 1.82. The van der Waals surface area contributed by atoms with Crippen LogP contribution in [-0.4, -0.2) is 40.5 Å². The van der Waals surface area contributed by atoms with Crippen LogP contribution in [0.2, 0.25) is 0 Å². The van der Waals surface area contributed by atoms with Crippen LogP contribution in [0.5, 0.6) is 0 Å². The van der Waals surface area contributed by atoms with Crippen molar-refractivity contribution in [3.05, 3.63) is 35.9 Å². The van der Waals surface area contributed by atoms with E-state index in [0.29, 0.717) is 10.9 Å². The number of nitrogens with one attached hydrogen (secondary N) is 2. The topological polar surface area (TPSA) is 78.5 Å². The second-order valence-electron chi connectivity index (χ2n) is 6.32. The van der Waals surface area contributed by atoms with Crippen LogP contribution in [0.4, 0.5) is 5.69 Å². The fraction of sp³-hybridized carbons (Fsp3) is 0.353. The van der Waals surface area contributed by atoms with Crippen LogP contribution in [-0.2, 0) is 10.0 Å². The van der Waals surface area contributed by atoms with Crippen molar-refractivity contribution in [1.29, 1.82) is 0 Å². The molecular weight excluding hydrogens is 326 g/mol. The summed E-state index contributed by atoms with van der Waals surface area (Å²) in [5.74, 6) is -0.100. The Hall–Kier alpha value is -1.96. The third-order valence-electron chi connectivity index (χ3n) is 4.83. The van der Waals surface area contributed by atoms with Gasteiger partial charge in [0.15, 0.2) is 0 Å². The molecule has 0 aliphatic carbocycles. The molecule has 126 valence electrons. The van der Waals surface area contributed by atoms with Gasteiger partial charge in [0.25, 0.3) is 5.91 Å². The first-order valence-corrected chi connectivity index (χ1v) is 9.54. The van der Waals surface area contributed by atoms with E-state index in [1.807, 2.05) is 0 Å². The van der Waals surface area contributed by atoms with Crippen LogP contribution >= 0.6 is 0 Å². The molecule has 0 bridgehead atoms. The monoisotopic (exact) mass is 345 g/mol.